The molecule has 0 heterocycles. The number of nitrogens with one attached hydrogen (secondary N) is 1. The van der Waals surface area contributed by atoms with Crippen LogP contribution in [0, 0.1) is 0 Å². The van der Waals surface area contributed by atoms with Crippen LogP contribution in [0.25, 0.3) is 0 Å². The molecule has 3 heteroatoms. The van der Waals surface area contributed by atoms with Crippen LogP contribution in [0.3, 0.4) is 0 Å². The van der Waals surface area contributed by atoms with Gasteiger partial charge in [-0.05, 0) is 6.42 Å². The highest BCUT2D eigenvalue weighted by atomic mass is 16.5. The number of hydroxylamine groups is 1. The van der Waals surface area contributed by atoms with Gasteiger partial charge in [0.25, 0.3) is 0 Å². The maximum absolute atomic E-state index is 8.29. The minimum absolute atomic E-state index is 0. The third-order valence-corrected chi connectivity index (χ3v) is 2.14. The van der Waals surface area contributed by atoms with Gasteiger partial charge in [0.2, 0.25) is 0 Å². The molecule has 13 heavy (non-hydrogen) atoms. The summed E-state index contributed by atoms with van der Waals surface area (Å²) in [6, 6.07) is 0. The predicted molar refractivity (Wildman–Crippen MR) is 61.6 cm³/mol. The molecule has 86 valence electrons. The fourth-order valence-electron chi connectivity index (χ4n) is 1.34. The van der Waals surface area contributed by atoms with E-state index in [-0.39, 0.29) is 9.00 Å². The van der Waals surface area contributed by atoms with Crippen LogP contribution < -0.4 is 11.6 Å². The number of hydrogen-bond donors (Lipinski definition) is 3. The predicted octanol–water partition coefficient (Wildman–Crippen LogP) is 3.76. The Morgan fingerprint density at radius 2 is 1.38 bits per heavy atom. The Morgan fingerprint density at radius 1 is 0.923 bits per heavy atom. The summed E-state index contributed by atoms with van der Waals surface area (Å²) in [7, 11) is 0. The standard InChI is InChI=1S/C10H23NO.H3N.2H2/c1-2-3-4-5-6-7-8-9-10-11-12;;;/h11-12H,2-10H2,1H3;1H3;2*1H. The van der Waals surface area contributed by atoms with E-state index in [0.29, 0.717) is 0 Å². The van der Waals surface area contributed by atoms with E-state index in [2.05, 4.69) is 12.4 Å². The first-order chi connectivity index (χ1) is 5.91. The molecule has 3 nitrogen and oxygen atoms in total. The van der Waals surface area contributed by atoms with Crippen LogP contribution in [-0.2, 0) is 0 Å². The first-order valence-corrected chi connectivity index (χ1v) is 5.28. The summed E-state index contributed by atoms with van der Waals surface area (Å²) in [6.07, 6.45) is 10.5. The molecule has 0 amide bonds. The topological polar surface area (TPSA) is 67.3 Å². The van der Waals surface area contributed by atoms with Crippen molar-refractivity contribution in [2.45, 2.75) is 58.3 Å². The van der Waals surface area contributed by atoms with E-state index < -0.39 is 0 Å². The van der Waals surface area contributed by atoms with Crippen molar-refractivity contribution in [2.24, 2.45) is 0 Å². The molecule has 0 saturated carbocycles. The zero-order chi connectivity index (χ0) is 9.07. The summed E-state index contributed by atoms with van der Waals surface area (Å²) in [5.41, 5.74) is 2.18. The van der Waals surface area contributed by atoms with E-state index in [1.807, 2.05) is 0 Å². The summed E-state index contributed by atoms with van der Waals surface area (Å²) in [4.78, 5) is 0. The lowest BCUT2D eigenvalue weighted by Gasteiger charge is -2.00. The Hall–Kier alpha value is -0.120. The van der Waals surface area contributed by atoms with Gasteiger partial charge in [-0.2, -0.15) is 0 Å². The molecule has 0 atom stereocenters. The summed E-state index contributed by atoms with van der Waals surface area (Å²) in [6.45, 7) is 2.99. The lowest BCUT2D eigenvalue weighted by Crippen LogP contribution is -2.07. The van der Waals surface area contributed by atoms with Crippen molar-refractivity contribution in [3.05, 3.63) is 0 Å². The van der Waals surface area contributed by atoms with Crippen molar-refractivity contribution in [2.75, 3.05) is 6.54 Å². The molecule has 0 aliphatic rings. The van der Waals surface area contributed by atoms with Gasteiger partial charge in [0.05, 0.1) is 0 Å². The third-order valence-electron chi connectivity index (χ3n) is 2.14. The first-order valence-electron chi connectivity index (χ1n) is 5.28. The number of rotatable bonds is 9. The average Bonchev–Trinajstić information content (AvgIpc) is 2.10. The van der Waals surface area contributed by atoms with Crippen LogP contribution in [0.4, 0.5) is 0 Å². The zero-order valence-electron chi connectivity index (χ0n) is 9.02. The van der Waals surface area contributed by atoms with Gasteiger partial charge in [-0.3, -0.25) is 0 Å². The van der Waals surface area contributed by atoms with E-state index in [0.717, 1.165) is 13.0 Å². The molecule has 5 N–H and O–H groups in total. The van der Waals surface area contributed by atoms with Gasteiger partial charge in [-0.25, -0.2) is 5.48 Å². The van der Waals surface area contributed by atoms with Crippen LogP contribution in [-0.4, -0.2) is 11.8 Å². The minimum atomic E-state index is 0. The highest BCUT2D eigenvalue weighted by Crippen LogP contribution is 2.07. The highest BCUT2D eigenvalue weighted by molar-refractivity contribution is 4.46. The lowest BCUT2D eigenvalue weighted by atomic mass is 10.1. The molecule has 0 bridgehead atoms. The lowest BCUT2D eigenvalue weighted by molar-refractivity contribution is 0.164. The molecule has 0 radical (unpaired) electrons. The van der Waals surface area contributed by atoms with E-state index in [4.69, 9.17) is 5.21 Å². The fraction of sp³-hybridized carbons (Fsp3) is 1.00. The SMILES string of the molecule is CCCCCCCCCCNO.N.[HH].[HH]. The molecule has 0 unspecified atom stereocenters. The molecule has 0 aliphatic heterocycles. The van der Waals surface area contributed by atoms with E-state index in [9.17, 15) is 0 Å². The Labute approximate surface area is 85.4 Å². The third kappa shape index (κ3) is 14.7. The molecular formula is C10H30N2O. The van der Waals surface area contributed by atoms with Crippen LogP contribution in [0.1, 0.15) is 61.1 Å². The van der Waals surface area contributed by atoms with Gasteiger partial charge >= 0.3 is 0 Å². The number of hydrogen-bond acceptors (Lipinski definition) is 3. The maximum Gasteiger partial charge on any atom is 0.0207 e. The summed E-state index contributed by atoms with van der Waals surface area (Å²) >= 11 is 0. The van der Waals surface area contributed by atoms with Gasteiger partial charge in [0, 0.05) is 9.40 Å². The summed E-state index contributed by atoms with van der Waals surface area (Å²) < 4.78 is 0. The molecule has 0 fully saturated rings. The Bertz CT molecular complexity index is 77.8. The highest BCUT2D eigenvalue weighted by Gasteiger charge is 1.90. The quantitative estimate of drug-likeness (QED) is 0.387. The van der Waals surface area contributed by atoms with Gasteiger partial charge in [-0.15, -0.1) is 0 Å². The van der Waals surface area contributed by atoms with Gasteiger partial charge in [0.15, 0.2) is 0 Å². The van der Waals surface area contributed by atoms with Crippen molar-refractivity contribution < 1.29 is 8.06 Å². The molecule has 0 rings (SSSR count). The smallest absolute Gasteiger partial charge is 0.0207 e. The molecule has 0 saturated heterocycles. The number of unbranched alkanes of at least 4 members (excludes halogenated alkanes) is 7. The second-order valence-electron chi connectivity index (χ2n) is 3.38. The van der Waals surface area contributed by atoms with Gasteiger partial charge < -0.3 is 11.4 Å². The fourth-order valence-corrected chi connectivity index (χ4v) is 1.34. The van der Waals surface area contributed by atoms with Gasteiger partial charge in [-0.1, -0.05) is 51.9 Å². The van der Waals surface area contributed by atoms with E-state index in [1.165, 1.54) is 44.9 Å². The molecule has 0 aromatic rings. The van der Waals surface area contributed by atoms with Crippen LogP contribution in [0.5, 0.6) is 0 Å². The van der Waals surface area contributed by atoms with Crippen molar-refractivity contribution in [1.29, 1.82) is 0 Å². The van der Waals surface area contributed by atoms with E-state index in [1.54, 1.807) is 0 Å². The second-order valence-corrected chi connectivity index (χ2v) is 3.38. The normalized spacial score (nSPS) is 9.69. The second kappa shape index (κ2) is 14.4. The van der Waals surface area contributed by atoms with Crippen LogP contribution in [0.15, 0.2) is 0 Å². The van der Waals surface area contributed by atoms with Crippen LogP contribution >= 0.6 is 0 Å². The van der Waals surface area contributed by atoms with Crippen LogP contribution in [0.2, 0.25) is 0 Å². The van der Waals surface area contributed by atoms with Crippen molar-refractivity contribution in [1.82, 2.24) is 11.6 Å². The van der Waals surface area contributed by atoms with Crippen molar-refractivity contribution in [3.8, 4) is 0 Å². The monoisotopic (exact) mass is 194 g/mol. The summed E-state index contributed by atoms with van der Waals surface area (Å²) in [5.74, 6) is 0. The molecular weight excluding hydrogens is 164 g/mol. The molecule has 0 aliphatic carbocycles. The molecule has 0 aromatic heterocycles. The van der Waals surface area contributed by atoms with Crippen molar-refractivity contribution >= 4 is 0 Å². The molecule has 0 aromatic carbocycles. The average molecular weight is 194 g/mol. The largest absolute Gasteiger partial charge is 0.344 e. The maximum atomic E-state index is 8.29. The summed E-state index contributed by atoms with van der Waals surface area (Å²) in [5, 5.41) is 8.29. The first kappa shape index (κ1) is 15.4. The van der Waals surface area contributed by atoms with E-state index >= 15 is 0 Å². The Kier molecular flexibility index (Phi) is 17.0. The molecule has 0 spiro atoms. The zero-order valence-corrected chi connectivity index (χ0v) is 9.02. The minimum Gasteiger partial charge on any atom is -0.344 e. The van der Waals surface area contributed by atoms with Crippen molar-refractivity contribution in [3.63, 3.8) is 0 Å². The Morgan fingerprint density at radius 3 is 1.85 bits per heavy atom. The van der Waals surface area contributed by atoms with Gasteiger partial charge in [0.1, 0.15) is 0 Å². The Balaban J connectivity index is -0.000000202.